The second-order valence-electron chi connectivity index (χ2n) is 8.67. The van der Waals surface area contributed by atoms with Crippen molar-refractivity contribution in [1.29, 1.82) is 0 Å². The smallest absolute Gasteiger partial charge is 0.437 e. The minimum Gasteiger partial charge on any atom is -0.455 e. The van der Waals surface area contributed by atoms with Crippen LogP contribution in [0.3, 0.4) is 0 Å². The number of rotatable bonds is 15. The number of ether oxygens (including phenoxy) is 2. The Morgan fingerprint density at radius 2 is 0.977 bits per heavy atom. The number of alkyl halides is 6. The maximum atomic E-state index is 13.5. The fourth-order valence-corrected chi connectivity index (χ4v) is 4.70. The molecule has 0 aliphatic rings. The van der Waals surface area contributed by atoms with Gasteiger partial charge in [0.25, 0.3) is 0 Å². The molecule has 2 aromatic carbocycles. The van der Waals surface area contributed by atoms with E-state index in [1.54, 1.807) is 6.92 Å². The molecule has 2 rings (SSSR count). The molecule has 0 radical (unpaired) electrons. The van der Waals surface area contributed by atoms with Crippen molar-refractivity contribution in [3.63, 3.8) is 0 Å². The molecule has 0 N–H and O–H groups in total. The van der Waals surface area contributed by atoms with Crippen LogP contribution in [-0.4, -0.2) is 58.4 Å². The summed E-state index contributed by atoms with van der Waals surface area (Å²) in [4.78, 5) is 0. The molecule has 0 spiro atoms. The lowest BCUT2D eigenvalue weighted by Crippen LogP contribution is -2.26. The number of benzene rings is 2. The van der Waals surface area contributed by atoms with Gasteiger partial charge in [-0.25, -0.2) is 0 Å². The summed E-state index contributed by atoms with van der Waals surface area (Å²) < 4.78 is 147. The average Bonchev–Trinajstić information content (AvgIpc) is 2.88. The van der Waals surface area contributed by atoms with Gasteiger partial charge in [0, 0.05) is 17.5 Å². The summed E-state index contributed by atoms with van der Waals surface area (Å²) in [5.41, 5.74) is -4.19. The van der Waals surface area contributed by atoms with Crippen molar-refractivity contribution in [2.45, 2.75) is 58.7 Å². The minimum atomic E-state index is -5.04. The molecule has 2 aromatic rings. The third kappa shape index (κ3) is 11.6. The van der Waals surface area contributed by atoms with Crippen LogP contribution in [0.1, 0.15) is 51.2 Å². The lowest BCUT2D eigenvalue weighted by molar-refractivity contribution is -0.0606. The molecule has 0 atom stereocenters. The van der Waals surface area contributed by atoms with Crippen LogP contribution in [0.25, 0.3) is 0 Å². The van der Waals surface area contributed by atoms with Crippen LogP contribution in [-0.2, 0) is 28.8 Å². The van der Waals surface area contributed by atoms with Gasteiger partial charge in [0.15, 0.2) is 11.4 Å². The van der Waals surface area contributed by atoms with Crippen LogP contribution < -0.4 is 9.47 Å². The summed E-state index contributed by atoms with van der Waals surface area (Å²) in [5, 5.41) is 5.61. The van der Waals surface area contributed by atoms with E-state index in [1.165, 1.54) is 13.8 Å². The third-order valence-corrected chi connectivity index (χ3v) is 7.47. The molecule has 0 unspecified atom stereocenters. The number of oxime groups is 2. The SMILES string of the molecule is CCCS(=O)(=O)ON=C(c1ccc(OC(CC)Oc2ccc(C(=NOS(=O)(=O)CCC)C(F)(F)F)cc2)cc1)C(F)(F)F. The van der Waals surface area contributed by atoms with Crippen molar-refractivity contribution in [3.05, 3.63) is 59.7 Å². The van der Waals surface area contributed by atoms with Gasteiger partial charge in [-0.1, -0.05) is 31.1 Å². The largest absolute Gasteiger partial charge is 0.455 e. The zero-order valence-electron chi connectivity index (χ0n) is 23.0. The van der Waals surface area contributed by atoms with Gasteiger partial charge in [0.1, 0.15) is 11.5 Å². The van der Waals surface area contributed by atoms with E-state index in [4.69, 9.17) is 9.47 Å². The van der Waals surface area contributed by atoms with Crippen LogP contribution in [0, 0.1) is 0 Å². The predicted molar refractivity (Wildman–Crippen MR) is 144 cm³/mol. The zero-order valence-corrected chi connectivity index (χ0v) is 24.6. The first-order valence-corrected chi connectivity index (χ1v) is 15.7. The van der Waals surface area contributed by atoms with Crippen LogP contribution >= 0.6 is 0 Å². The van der Waals surface area contributed by atoms with E-state index in [2.05, 4.69) is 18.9 Å². The maximum Gasteiger partial charge on any atom is 0.437 e. The maximum absolute atomic E-state index is 13.5. The van der Waals surface area contributed by atoms with Gasteiger partial charge in [0.2, 0.25) is 6.29 Å². The second-order valence-corrected chi connectivity index (χ2v) is 12.0. The molecule has 0 bridgehead atoms. The molecular weight excluding hydrogens is 634 g/mol. The fourth-order valence-electron chi connectivity index (χ4n) is 3.18. The highest BCUT2D eigenvalue weighted by atomic mass is 32.2. The Bertz CT molecular complexity index is 1360. The third-order valence-electron chi connectivity index (χ3n) is 5.05. The Labute approximate surface area is 244 Å². The molecule has 0 aliphatic heterocycles. The van der Waals surface area contributed by atoms with Gasteiger partial charge in [0.05, 0.1) is 11.5 Å². The molecular formula is C25H28F6N2O8S2. The first-order valence-electron chi connectivity index (χ1n) is 12.6. The Morgan fingerprint density at radius 1 is 0.651 bits per heavy atom. The number of hydrogen-bond acceptors (Lipinski definition) is 10. The molecule has 18 heteroatoms. The predicted octanol–water partition coefficient (Wildman–Crippen LogP) is 5.93. The molecule has 0 saturated carbocycles. The highest BCUT2D eigenvalue weighted by Gasteiger charge is 2.39. The second kappa shape index (κ2) is 14.8. The standard InChI is InChI=1S/C25H28F6N2O8S2/c1-4-15-42(34,35)40-32-22(24(26,27)28)17-7-11-19(12-8-17)38-21(6-3)39-20-13-9-18(10-14-20)23(25(29,30)31)33-41-43(36,37)16-5-2/h7-14,21H,4-6,15-16H2,1-3H3. The number of nitrogens with zero attached hydrogens (tertiary/aromatic N) is 2. The van der Waals surface area contributed by atoms with Crippen LogP contribution in [0.2, 0.25) is 0 Å². The first-order chi connectivity index (χ1) is 19.9. The van der Waals surface area contributed by atoms with E-state index in [0.29, 0.717) is 0 Å². The Kier molecular flexibility index (Phi) is 12.2. The molecule has 0 aliphatic carbocycles. The van der Waals surface area contributed by atoms with Crippen LogP contribution in [0.4, 0.5) is 26.3 Å². The van der Waals surface area contributed by atoms with Gasteiger partial charge in [-0.15, -0.1) is 0 Å². The van der Waals surface area contributed by atoms with E-state index in [1.807, 2.05) is 0 Å². The Morgan fingerprint density at radius 3 is 1.23 bits per heavy atom. The van der Waals surface area contributed by atoms with E-state index < -0.39 is 72.9 Å². The van der Waals surface area contributed by atoms with E-state index in [0.717, 1.165) is 48.5 Å². The van der Waals surface area contributed by atoms with E-state index in [9.17, 15) is 43.2 Å². The van der Waals surface area contributed by atoms with Gasteiger partial charge in [-0.3, -0.25) is 8.57 Å². The molecule has 0 amide bonds. The van der Waals surface area contributed by atoms with Gasteiger partial charge < -0.3 is 9.47 Å². The van der Waals surface area contributed by atoms with E-state index in [-0.39, 0.29) is 30.8 Å². The lowest BCUT2D eigenvalue weighted by atomic mass is 10.1. The molecule has 0 fully saturated rings. The van der Waals surface area contributed by atoms with Crippen molar-refractivity contribution < 1.29 is 61.2 Å². The van der Waals surface area contributed by atoms with Gasteiger partial charge >= 0.3 is 32.6 Å². The van der Waals surface area contributed by atoms with E-state index >= 15 is 0 Å². The highest BCUT2D eigenvalue weighted by molar-refractivity contribution is 7.86. The van der Waals surface area contributed by atoms with Crippen molar-refractivity contribution in [3.8, 4) is 11.5 Å². The molecule has 43 heavy (non-hydrogen) atoms. The average molecular weight is 663 g/mol. The lowest BCUT2D eigenvalue weighted by Gasteiger charge is -2.20. The Hall–Kier alpha value is -3.54. The van der Waals surface area contributed by atoms with Crippen molar-refractivity contribution in [2.24, 2.45) is 10.3 Å². The monoisotopic (exact) mass is 662 g/mol. The fraction of sp³-hybridized carbons (Fsp3) is 0.440. The minimum absolute atomic E-state index is 0.0465. The normalized spacial score (nSPS) is 14.3. The molecule has 0 saturated heterocycles. The first kappa shape index (κ1) is 35.7. The van der Waals surface area contributed by atoms with Crippen molar-refractivity contribution in [2.75, 3.05) is 11.5 Å². The molecule has 0 aromatic heterocycles. The summed E-state index contributed by atoms with van der Waals surface area (Å²) in [6.45, 7) is 4.63. The summed E-state index contributed by atoms with van der Waals surface area (Å²) in [7, 11) is -8.60. The van der Waals surface area contributed by atoms with Gasteiger partial charge in [-0.2, -0.15) is 43.2 Å². The van der Waals surface area contributed by atoms with Crippen molar-refractivity contribution in [1.82, 2.24) is 0 Å². The molecule has 10 nitrogen and oxygen atoms in total. The topological polar surface area (TPSA) is 130 Å². The molecule has 0 heterocycles. The van der Waals surface area contributed by atoms with Crippen LogP contribution in [0.5, 0.6) is 11.5 Å². The summed E-state index contributed by atoms with van der Waals surface area (Å²) >= 11 is 0. The summed E-state index contributed by atoms with van der Waals surface area (Å²) in [6, 6.07) is 8.46. The van der Waals surface area contributed by atoms with Crippen LogP contribution in [0.15, 0.2) is 58.8 Å². The van der Waals surface area contributed by atoms with Crippen molar-refractivity contribution >= 4 is 31.7 Å². The highest BCUT2D eigenvalue weighted by Crippen LogP contribution is 2.27. The number of halogens is 6. The summed E-state index contributed by atoms with van der Waals surface area (Å²) in [5.74, 6) is -0.954. The summed E-state index contributed by atoms with van der Waals surface area (Å²) in [6.07, 6.45) is -10.7. The number of hydrogen-bond donors (Lipinski definition) is 0. The Balaban J connectivity index is 2.19. The molecule has 240 valence electrons. The zero-order chi connectivity index (χ0) is 32.5. The quantitative estimate of drug-likeness (QED) is 0.0994. The van der Waals surface area contributed by atoms with Gasteiger partial charge in [-0.05, 0) is 61.4 Å².